The number of hydrogen-bond acceptors (Lipinski definition) is 7. The van der Waals surface area contributed by atoms with E-state index >= 15 is 0 Å². The summed E-state index contributed by atoms with van der Waals surface area (Å²) in [6.45, 7) is 10.3. The molecule has 1 spiro atoms. The van der Waals surface area contributed by atoms with Crippen molar-refractivity contribution in [1.82, 2.24) is 9.88 Å². The second-order valence-corrected chi connectivity index (χ2v) is 10.8. The summed E-state index contributed by atoms with van der Waals surface area (Å²) in [6.07, 6.45) is 3.32. The second-order valence-electron chi connectivity index (χ2n) is 10.8. The van der Waals surface area contributed by atoms with Crippen molar-refractivity contribution in [2.45, 2.75) is 38.3 Å². The SMILES string of the molecule is Cc1cc2cnc(NC(=O)[C@H]3C[C@@]34CCOC4)cc2cc1N1CCN([C@@]2(C)COC[C@H]2O)CC1. The Kier molecular flexibility index (Phi) is 5.33. The van der Waals surface area contributed by atoms with Gasteiger partial charge in [0.15, 0.2) is 0 Å². The highest BCUT2D eigenvalue weighted by atomic mass is 16.5. The van der Waals surface area contributed by atoms with Gasteiger partial charge in [-0.1, -0.05) is 0 Å². The number of anilines is 2. The van der Waals surface area contributed by atoms with E-state index < -0.39 is 6.10 Å². The number of carbonyl (C=O) groups excluding carboxylic acids is 1. The molecule has 1 aromatic carbocycles. The molecule has 4 aliphatic rings. The summed E-state index contributed by atoms with van der Waals surface area (Å²) in [5, 5.41) is 15.6. The van der Waals surface area contributed by atoms with Crippen molar-refractivity contribution in [2.75, 3.05) is 62.8 Å². The number of carbonyl (C=O) groups is 1. The molecule has 2 N–H and O–H groups in total. The standard InChI is InChI=1S/C26H34N4O4/c1-17-9-19-13-27-23(28-24(32)20-12-26(20)3-8-33-16-26)11-18(19)10-21(17)29-4-6-30(7-5-29)25(2)15-34-14-22(25)31/h9-11,13,20,22,31H,3-8,12,14-16H2,1-2H3,(H,27,28,32)/t20-,22-,25+,26-/m1/s1. The van der Waals surface area contributed by atoms with Crippen LogP contribution in [0.4, 0.5) is 11.5 Å². The first-order chi connectivity index (χ1) is 16.4. The fourth-order valence-electron chi connectivity index (χ4n) is 6.11. The van der Waals surface area contributed by atoms with Crippen molar-refractivity contribution in [3.63, 3.8) is 0 Å². The lowest BCUT2D eigenvalue weighted by Crippen LogP contribution is -2.60. The van der Waals surface area contributed by atoms with Gasteiger partial charge in [-0.05, 0) is 55.8 Å². The van der Waals surface area contributed by atoms with Crippen molar-refractivity contribution in [2.24, 2.45) is 11.3 Å². The van der Waals surface area contributed by atoms with Gasteiger partial charge in [0.05, 0.1) is 31.5 Å². The van der Waals surface area contributed by atoms with Gasteiger partial charge in [-0.25, -0.2) is 4.98 Å². The number of fused-ring (bicyclic) bond motifs is 1. The Hall–Kier alpha value is -2.26. The quantitative estimate of drug-likeness (QED) is 0.714. The minimum absolute atomic E-state index is 0.0445. The van der Waals surface area contributed by atoms with Crippen LogP contribution in [0, 0.1) is 18.3 Å². The topological polar surface area (TPSA) is 87.2 Å². The van der Waals surface area contributed by atoms with E-state index in [2.05, 4.69) is 46.1 Å². The lowest BCUT2D eigenvalue weighted by atomic mass is 9.95. The van der Waals surface area contributed by atoms with E-state index in [9.17, 15) is 9.90 Å². The average molecular weight is 467 g/mol. The predicted molar refractivity (Wildman–Crippen MR) is 130 cm³/mol. The first-order valence-corrected chi connectivity index (χ1v) is 12.4. The molecule has 0 radical (unpaired) electrons. The smallest absolute Gasteiger partial charge is 0.229 e. The molecule has 4 atom stereocenters. The van der Waals surface area contributed by atoms with Crippen LogP contribution in [-0.2, 0) is 14.3 Å². The summed E-state index contributed by atoms with van der Waals surface area (Å²) >= 11 is 0. The number of aliphatic hydroxyl groups excluding tert-OH is 1. The molecule has 0 unspecified atom stereocenters. The van der Waals surface area contributed by atoms with Gasteiger partial charge in [0.25, 0.3) is 0 Å². The fourth-order valence-corrected chi connectivity index (χ4v) is 6.11. The Bertz CT molecular complexity index is 1110. The van der Waals surface area contributed by atoms with Crippen molar-refractivity contribution in [1.29, 1.82) is 0 Å². The Morgan fingerprint density at radius 1 is 1.15 bits per heavy atom. The molecule has 8 heteroatoms. The second kappa shape index (κ2) is 8.16. The number of nitrogens with one attached hydrogen (secondary N) is 1. The Morgan fingerprint density at radius 2 is 1.97 bits per heavy atom. The molecule has 0 bridgehead atoms. The number of aromatic nitrogens is 1. The van der Waals surface area contributed by atoms with E-state index in [0.29, 0.717) is 25.6 Å². The van der Waals surface area contributed by atoms with Crippen LogP contribution in [0.15, 0.2) is 24.4 Å². The molecule has 4 fully saturated rings. The number of amides is 1. The molecule has 1 saturated carbocycles. The van der Waals surface area contributed by atoms with Crippen LogP contribution in [-0.4, -0.2) is 85.1 Å². The maximum absolute atomic E-state index is 12.8. The van der Waals surface area contributed by atoms with Crippen molar-refractivity contribution in [3.05, 3.63) is 30.0 Å². The van der Waals surface area contributed by atoms with Crippen molar-refractivity contribution >= 4 is 28.2 Å². The third-order valence-corrected chi connectivity index (χ3v) is 8.66. The third kappa shape index (κ3) is 3.68. The summed E-state index contributed by atoms with van der Waals surface area (Å²) in [5.74, 6) is 0.719. The monoisotopic (exact) mass is 466 g/mol. The maximum Gasteiger partial charge on any atom is 0.229 e. The van der Waals surface area contributed by atoms with E-state index in [1.54, 1.807) is 0 Å². The zero-order chi connectivity index (χ0) is 23.5. The summed E-state index contributed by atoms with van der Waals surface area (Å²) in [7, 11) is 0. The normalized spacial score (nSPS) is 33.7. The molecule has 1 aliphatic carbocycles. The summed E-state index contributed by atoms with van der Waals surface area (Å²) < 4.78 is 11.1. The van der Waals surface area contributed by atoms with Gasteiger partial charge < -0.3 is 24.8 Å². The molecule has 1 amide bonds. The summed E-state index contributed by atoms with van der Waals surface area (Å²) in [6, 6.07) is 6.38. The van der Waals surface area contributed by atoms with Crippen LogP contribution >= 0.6 is 0 Å². The first kappa shape index (κ1) is 22.2. The number of hydrogen-bond donors (Lipinski definition) is 2. The molecule has 2 aromatic rings. The van der Waals surface area contributed by atoms with Gasteiger partial charge in [-0.2, -0.15) is 0 Å². The molecule has 6 rings (SSSR count). The lowest BCUT2D eigenvalue weighted by Gasteiger charge is -2.45. The third-order valence-electron chi connectivity index (χ3n) is 8.66. The van der Waals surface area contributed by atoms with Crippen LogP contribution in [0.5, 0.6) is 0 Å². The van der Waals surface area contributed by atoms with E-state index in [1.165, 1.54) is 11.3 Å². The van der Waals surface area contributed by atoms with Gasteiger partial charge in [0.2, 0.25) is 5.91 Å². The zero-order valence-corrected chi connectivity index (χ0v) is 20.0. The number of rotatable bonds is 4. The van der Waals surface area contributed by atoms with Crippen LogP contribution in [0.2, 0.25) is 0 Å². The molecular weight excluding hydrogens is 432 g/mol. The molecule has 3 saturated heterocycles. The van der Waals surface area contributed by atoms with Crippen LogP contribution < -0.4 is 10.2 Å². The Balaban J connectivity index is 1.16. The van der Waals surface area contributed by atoms with Gasteiger partial charge in [-0.15, -0.1) is 0 Å². The first-order valence-electron chi connectivity index (χ1n) is 12.4. The number of aliphatic hydroxyl groups is 1. The van der Waals surface area contributed by atoms with E-state index in [4.69, 9.17) is 9.47 Å². The fraction of sp³-hybridized carbons (Fsp3) is 0.615. The minimum atomic E-state index is -0.436. The molecule has 182 valence electrons. The highest BCUT2D eigenvalue weighted by molar-refractivity contribution is 5.97. The number of pyridine rings is 1. The molecule has 34 heavy (non-hydrogen) atoms. The minimum Gasteiger partial charge on any atom is -0.389 e. The van der Waals surface area contributed by atoms with Gasteiger partial charge >= 0.3 is 0 Å². The number of nitrogens with zero attached hydrogens (tertiary/aromatic N) is 3. The molecule has 8 nitrogen and oxygen atoms in total. The van der Waals surface area contributed by atoms with Crippen molar-refractivity contribution in [3.8, 4) is 0 Å². The number of piperazine rings is 1. The lowest BCUT2D eigenvalue weighted by molar-refractivity contribution is -0.118. The van der Waals surface area contributed by atoms with E-state index in [1.807, 2.05) is 12.3 Å². The van der Waals surface area contributed by atoms with Gasteiger partial charge in [-0.3, -0.25) is 9.69 Å². The maximum atomic E-state index is 12.8. The number of aryl methyl sites for hydroxylation is 1. The van der Waals surface area contributed by atoms with E-state index in [0.717, 1.165) is 56.4 Å². The highest BCUT2D eigenvalue weighted by Crippen LogP contribution is 2.58. The van der Waals surface area contributed by atoms with Crippen LogP contribution in [0.25, 0.3) is 10.8 Å². The van der Waals surface area contributed by atoms with Crippen LogP contribution in [0.1, 0.15) is 25.3 Å². The number of benzene rings is 1. The van der Waals surface area contributed by atoms with Gasteiger partial charge in [0.1, 0.15) is 5.82 Å². The molecule has 3 aliphatic heterocycles. The Morgan fingerprint density at radius 3 is 2.68 bits per heavy atom. The average Bonchev–Trinajstić information content (AvgIpc) is 3.14. The largest absolute Gasteiger partial charge is 0.389 e. The molecule has 1 aromatic heterocycles. The predicted octanol–water partition coefficient (Wildman–Crippen LogP) is 2.18. The highest BCUT2D eigenvalue weighted by Gasteiger charge is 2.59. The Labute approximate surface area is 200 Å². The van der Waals surface area contributed by atoms with E-state index in [-0.39, 0.29) is 22.8 Å². The zero-order valence-electron chi connectivity index (χ0n) is 20.0. The summed E-state index contributed by atoms with van der Waals surface area (Å²) in [5.41, 5.74) is 2.21. The summed E-state index contributed by atoms with van der Waals surface area (Å²) in [4.78, 5) is 22.1. The van der Waals surface area contributed by atoms with Crippen molar-refractivity contribution < 1.29 is 19.4 Å². The van der Waals surface area contributed by atoms with Gasteiger partial charge in [0, 0.05) is 61.4 Å². The molecule has 4 heterocycles. The molecular formula is C26H34N4O4. The number of ether oxygens (including phenoxy) is 2. The van der Waals surface area contributed by atoms with Crippen LogP contribution in [0.3, 0.4) is 0 Å².